The SMILES string of the molecule is COc1cc2c3c(c(=O)oc2cc1OS(=O)(=O)c1ccc(C(F)(F)F)cc1)CCCCC3. The Labute approximate surface area is 181 Å². The van der Waals surface area contributed by atoms with Gasteiger partial charge in [-0.3, -0.25) is 0 Å². The summed E-state index contributed by atoms with van der Waals surface area (Å²) in [7, 11) is -3.15. The van der Waals surface area contributed by atoms with Gasteiger partial charge >= 0.3 is 21.9 Å². The van der Waals surface area contributed by atoms with Crippen molar-refractivity contribution in [3.8, 4) is 11.5 Å². The van der Waals surface area contributed by atoms with E-state index in [-0.39, 0.29) is 17.1 Å². The summed E-state index contributed by atoms with van der Waals surface area (Å²) in [4.78, 5) is 12.0. The van der Waals surface area contributed by atoms with Crippen molar-refractivity contribution in [3.05, 3.63) is 63.5 Å². The Hall–Kier alpha value is -3.01. The Kier molecular flexibility index (Phi) is 5.66. The monoisotopic (exact) mass is 468 g/mol. The summed E-state index contributed by atoms with van der Waals surface area (Å²) in [5.74, 6) is -0.148. The lowest BCUT2D eigenvalue weighted by atomic mass is 10.0. The number of benzene rings is 2. The maximum absolute atomic E-state index is 12.8. The van der Waals surface area contributed by atoms with Crippen molar-refractivity contribution in [2.45, 2.75) is 43.2 Å². The molecule has 0 amide bonds. The molecule has 1 aliphatic rings. The molecular formula is C22H19F3O6S. The zero-order chi connectivity index (χ0) is 23.1. The van der Waals surface area contributed by atoms with Crippen LogP contribution in [0.5, 0.6) is 11.5 Å². The van der Waals surface area contributed by atoms with Gasteiger partial charge in [-0.1, -0.05) is 6.42 Å². The molecule has 2 aromatic carbocycles. The van der Waals surface area contributed by atoms with Crippen LogP contribution in [0.25, 0.3) is 11.0 Å². The molecule has 1 aromatic heterocycles. The topological polar surface area (TPSA) is 82.8 Å². The molecule has 10 heteroatoms. The first-order valence-electron chi connectivity index (χ1n) is 9.88. The fourth-order valence-electron chi connectivity index (χ4n) is 3.83. The number of rotatable bonds is 4. The smallest absolute Gasteiger partial charge is 0.416 e. The fraction of sp³-hybridized carbons (Fsp3) is 0.318. The summed E-state index contributed by atoms with van der Waals surface area (Å²) in [6.45, 7) is 0. The van der Waals surface area contributed by atoms with Crippen molar-refractivity contribution >= 4 is 21.1 Å². The van der Waals surface area contributed by atoms with Crippen LogP contribution in [0.15, 0.2) is 50.5 Å². The van der Waals surface area contributed by atoms with Gasteiger partial charge in [0.05, 0.1) is 12.7 Å². The highest BCUT2D eigenvalue weighted by Crippen LogP contribution is 2.37. The van der Waals surface area contributed by atoms with Gasteiger partial charge in [-0.05, 0) is 61.6 Å². The van der Waals surface area contributed by atoms with E-state index in [1.165, 1.54) is 13.2 Å². The number of hydrogen-bond acceptors (Lipinski definition) is 6. The molecule has 170 valence electrons. The predicted molar refractivity (Wildman–Crippen MR) is 110 cm³/mol. The van der Waals surface area contributed by atoms with Gasteiger partial charge in [-0.25, -0.2) is 4.79 Å². The molecule has 1 heterocycles. The van der Waals surface area contributed by atoms with Crippen LogP contribution in [0, 0.1) is 0 Å². The van der Waals surface area contributed by atoms with Crippen LogP contribution in [0.4, 0.5) is 13.2 Å². The van der Waals surface area contributed by atoms with Crippen LogP contribution in [0.3, 0.4) is 0 Å². The van der Waals surface area contributed by atoms with Crippen LogP contribution in [-0.2, 0) is 29.1 Å². The Balaban J connectivity index is 1.76. The van der Waals surface area contributed by atoms with E-state index in [0.717, 1.165) is 37.0 Å². The third-order valence-corrected chi connectivity index (χ3v) is 6.68. The lowest BCUT2D eigenvalue weighted by molar-refractivity contribution is -0.137. The fourth-order valence-corrected chi connectivity index (χ4v) is 4.76. The van der Waals surface area contributed by atoms with E-state index in [1.54, 1.807) is 6.07 Å². The van der Waals surface area contributed by atoms with Crippen LogP contribution in [0.2, 0.25) is 0 Å². The molecule has 0 bridgehead atoms. The van der Waals surface area contributed by atoms with Gasteiger partial charge < -0.3 is 13.3 Å². The maximum Gasteiger partial charge on any atom is 0.416 e. The zero-order valence-electron chi connectivity index (χ0n) is 17.0. The van der Waals surface area contributed by atoms with Crippen LogP contribution < -0.4 is 14.5 Å². The van der Waals surface area contributed by atoms with Crippen molar-refractivity contribution in [2.75, 3.05) is 7.11 Å². The summed E-state index contributed by atoms with van der Waals surface area (Å²) in [5, 5.41) is 0.637. The van der Waals surface area contributed by atoms with Gasteiger partial charge in [-0.15, -0.1) is 0 Å². The number of methoxy groups -OCH3 is 1. The molecule has 4 rings (SSSR count). The second kappa shape index (κ2) is 8.16. The van der Waals surface area contributed by atoms with E-state index < -0.39 is 32.4 Å². The summed E-state index contributed by atoms with van der Waals surface area (Å²) in [6, 6.07) is 5.74. The minimum Gasteiger partial charge on any atom is -0.493 e. The van der Waals surface area contributed by atoms with Gasteiger partial charge in [0.25, 0.3) is 0 Å². The molecule has 0 radical (unpaired) electrons. The van der Waals surface area contributed by atoms with Gasteiger partial charge in [-0.2, -0.15) is 21.6 Å². The highest BCUT2D eigenvalue weighted by atomic mass is 32.2. The first kappa shape index (κ1) is 22.2. The minimum absolute atomic E-state index is 0.0910. The summed E-state index contributed by atoms with van der Waals surface area (Å²) >= 11 is 0. The van der Waals surface area contributed by atoms with Crippen LogP contribution in [-0.4, -0.2) is 15.5 Å². The third-order valence-electron chi connectivity index (χ3n) is 5.43. The summed E-state index contributed by atoms with van der Waals surface area (Å²) < 4.78 is 79.5. The standard InChI is InChI=1S/C22H19F3O6S/c1-29-19-11-17-15-5-3-2-4-6-16(15)21(26)30-18(17)12-20(19)31-32(27,28)14-9-7-13(8-10-14)22(23,24)25/h7-12H,2-6H2,1H3. The third kappa shape index (κ3) is 4.19. The number of hydrogen-bond donors (Lipinski definition) is 0. The van der Waals surface area contributed by atoms with E-state index in [9.17, 15) is 26.4 Å². The van der Waals surface area contributed by atoms with Gasteiger partial charge in [0.1, 0.15) is 10.5 Å². The molecule has 0 N–H and O–H groups in total. The van der Waals surface area contributed by atoms with Crippen LogP contribution in [0.1, 0.15) is 36.0 Å². The second-order valence-electron chi connectivity index (χ2n) is 7.47. The van der Waals surface area contributed by atoms with Gasteiger partial charge in [0.15, 0.2) is 11.5 Å². The predicted octanol–water partition coefficient (Wildman–Crippen LogP) is 4.86. The molecule has 0 fully saturated rings. The lowest BCUT2D eigenvalue weighted by Gasteiger charge is -2.14. The highest BCUT2D eigenvalue weighted by molar-refractivity contribution is 7.87. The van der Waals surface area contributed by atoms with Gasteiger partial charge in [0, 0.05) is 17.0 Å². The van der Waals surface area contributed by atoms with Crippen molar-refractivity contribution in [3.63, 3.8) is 0 Å². The Bertz CT molecular complexity index is 1330. The average Bonchev–Trinajstić information content (AvgIpc) is 2.99. The molecule has 3 aromatic rings. The number of halogens is 3. The molecular weight excluding hydrogens is 449 g/mol. The molecule has 0 saturated carbocycles. The molecule has 1 aliphatic carbocycles. The molecule has 0 saturated heterocycles. The summed E-state index contributed by atoms with van der Waals surface area (Å²) in [6.07, 6.45) is -0.526. The second-order valence-corrected chi connectivity index (χ2v) is 9.01. The van der Waals surface area contributed by atoms with Crippen molar-refractivity contribution < 1.29 is 34.9 Å². The molecule has 0 atom stereocenters. The van der Waals surface area contributed by atoms with Crippen molar-refractivity contribution in [1.29, 1.82) is 0 Å². The Morgan fingerprint density at radius 1 is 0.938 bits per heavy atom. The summed E-state index contributed by atoms with van der Waals surface area (Å²) in [5.41, 5.74) is 0.152. The molecule has 6 nitrogen and oxygen atoms in total. The maximum atomic E-state index is 12.8. The molecule has 0 spiro atoms. The Morgan fingerprint density at radius 2 is 1.59 bits per heavy atom. The minimum atomic E-state index is -4.60. The molecule has 0 aliphatic heterocycles. The first-order chi connectivity index (χ1) is 15.1. The van der Waals surface area contributed by atoms with E-state index in [0.29, 0.717) is 35.9 Å². The first-order valence-corrected chi connectivity index (χ1v) is 11.3. The molecule has 32 heavy (non-hydrogen) atoms. The highest BCUT2D eigenvalue weighted by Gasteiger charge is 2.31. The molecule has 0 unspecified atom stereocenters. The van der Waals surface area contributed by atoms with E-state index in [4.69, 9.17) is 13.3 Å². The van der Waals surface area contributed by atoms with Crippen LogP contribution >= 0.6 is 0 Å². The number of ether oxygens (including phenoxy) is 1. The van der Waals surface area contributed by atoms with Crippen molar-refractivity contribution in [2.24, 2.45) is 0 Å². The lowest BCUT2D eigenvalue weighted by Crippen LogP contribution is -2.13. The normalized spacial score (nSPS) is 14.6. The average molecular weight is 468 g/mol. The number of fused-ring (bicyclic) bond motifs is 3. The number of alkyl halides is 3. The zero-order valence-corrected chi connectivity index (χ0v) is 17.8. The largest absolute Gasteiger partial charge is 0.493 e. The van der Waals surface area contributed by atoms with Crippen molar-refractivity contribution in [1.82, 2.24) is 0 Å². The number of aryl methyl sites for hydroxylation is 1. The van der Waals surface area contributed by atoms with E-state index in [1.807, 2.05) is 0 Å². The van der Waals surface area contributed by atoms with E-state index >= 15 is 0 Å². The quantitative estimate of drug-likeness (QED) is 0.309. The Morgan fingerprint density at radius 3 is 2.22 bits per heavy atom. The van der Waals surface area contributed by atoms with Gasteiger partial charge in [0.2, 0.25) is 0 Å². The van der Waals surface area contributed by atoms with E-state index in [2.05, 4.69) is 0 Å².